The van der Waals surface area contributed by atoms with Gasteiger partial charge in [-0.15, -0.1) is 0 Å². The molecule has 3 aromatic carbocycles. The number of hydrogen-bond donors (Lipinski definition) is 0. The Morgan fingerprint density at radius 3 is 1.59 bits per heavy atom. The van der Waals surface area contributed by atoms with Gasteiger partial charge in [0.25, 0.3) is 0 Å². The lowest BCUT2D eigenvalue weighted by molar-refractivity contribution is -0.131. The fourth-order valence-corrected chi connectivity index (χ4v) is 3.08. The highest BCUT2D eigenvalue weighted by atomic mass is 19.1. The molecule has 0 unspecified atom stereocenters. The van der Waals surface area contributed by atoms with E-state index in [1.54, 1.807) is 49.4 Å². The number of benzene rings is 3. The third kappa shape index (κ3) is 6.67. The molecule has 6 nitrogen and oxygen atoms in total. The molecule has 0 fully saturated rings. The molecule has 0 aliphatic rings. The zero-order chi connectivity index (χ0) is 27.3. The molecular formula is C30H25FO6. The number of carbonyl (C=O) groups excluding carboxylic acids is 3. The van der Waals surface area contributed by atoms with Gasteiger partial charge in [-0.2, -0.15) is 0 Å². The Bertz CT molecular complexity index is 1430. The number of ether oxygens (including phenoxy) is 3. The predicted octanol–water partition coefficient (Wildman–Crippen LogP) is 6.60. The Morgan fingerprint density at radius 1 is 0.595 bits per heavy atom. The van der Waals surface area contributed by atoms with Crippen LogP contribution < -0.4 is 14.2 Å². The lowest BCUT2D eigenvalue weighted by atomic mass is 9.99. The van der Waals surface area contributed by atoms with E-state index in [9.17, 15) is 14.4 Å². The summed E-state index contributed by atoms with van der Waals surface area (Å²) in [5, 5.41) is 0. The number of hydrogen-bond acceptors (Lipinski definition) is 6. The van der Waals surface area contributed by atoms with E-state index < -0.39 is 23.7 Å². The second-order valence-corrected chi connectivity index (χ2v) is 8.39. The van der Waals surface area contributed by atoms with Crippen LogP contribution in [0.25, 0.3) is 22.3 Å². The van der Waals surface area contributed by atoms with Crippen LogP contribution in [0.15, 0.2) is 97.1 Å². The van der Waals surface area contributed by atoms with Gasteiger partial charge in [-0.1, -0.05) is 44.0 Å². The molecular weight excluding hydrogens is 475 g/mol. The van der Waals surface area contributed by atoms with Crippen molar-refractivity contribution in [2.45, 2.75) is 20.8 Å². The molecule has 0 saturated heterocycles. The largest absolute Gasteiger partial charge is 0.423 e. The summed E-state index contributed by atoms with van der Waals surface area (Å²) >= 11 is 0. The Morgan fingerprint density at radius 2 is 1.05 bits per heavy atom. The summed E-state index contributed by atoms with van der Waals surface area (Å²) in [6.07, 6.45) is 0. The first-order valence-electron chi connectivity index (χ1n) is 11.1. The van der Waals surface area contributed by atoms with Gasteiger partial charge >= 0.3 is 17.9 Å². The average molecular weight is 501 g/mol. The number of halogens is 1. The molecule has 0 N–H and O–H groups in total. The second-order valence-electron chi connectivity index (χ2n) is 8.39. The van der Waals surface area contributed by atoms with Crippen molar-refractivity contribution in [1.29, 1.82) is 0 Å². The molecule has 0 bridgehead atoms. The van der Waals surface area contributed by atoms with E-state index in [0.717, 1.165) is 0 Å². The van der Waals surface area contributed by atoms with Crippen LogP contribution in [0, 0.1) is 5.82 Å². The van der Waals surface area contributed by atoms with E-state index in [2.05, 4.69) is 19.7 Å². The second kappa shape index (κ2) is 11.3. The molecule has 0 aliphatic heterocycles. The first-order chi connectivity index (χ1) is 17.5. The first-order valence-corrected chi connectivity index (χ1v) is 11.1. The molecule has 0 spiro atoms. The zero-order valence-corrected chi connectivity index (χ0v) is 20.7. The lowest BCUT2D eigenvalue weighted by Gasteiger charge is -2.14. The maximum absolute atomic E-state index is 15.2. The Kier molecular flexibility index (Phi) is 8.19. The molecule has 0 aromatic heterocycles. The monoisotopic (exact) mass is 500 g/mol. The molecule has 0 atom stereocenters. The zero-order valence-electron chi connectivity index (χ0n) is 20.7. The molecule has 0 saturated carbocycles. The van der Waals surface area contributed by atoms with E-state index >= 15 is 4.39 Å². The summed E-state index contributed by atoms with van der Waals surface area (Å²) in [7, 11) is 0. The SMILES string of the molecule is C=C(C)C(=O)Oc1ccc(-c2ccc(-c3ccc(OC(=O)C(=C)C)cc3OC(=O)C(=C)C)cc2F)cc1. The van der Waals surface area contributed by atoms with Crippen molar-refractivity contribution in [3.8, 4) is 39.5 Å². The van der Waals surface area contributed by atoms with Crippen LogP contribution in [0.4, 0.5) is 4.39 Å². The number of rotatable bonds is 8. The first kappa shape index (κ1) is 26.8. The topological polar surface area (TPSA) is 78.9 Å². The highest BCUT2D eigenvalue weighted by Gasteiger charge is 2.17. The summed E-state index contributed by atoms with van der Waals surface area (Å²) < 4.78 is 31.0. The molecule has 3 rings (SSSR count). The summed E-state index contributed by atoms with van der Waals surface area (Å²) in [6, 6.07) is 15.4. The van der Waals surface area contributed by atoms with Crippen LogP contribution in [0.3, 0.4) is 0 Å². The van der Waals surface area contributed by atoms with Gasteiger partial charge in [-0.3, -0.25) is 0 Å². The molecule has 188 valence electrons. The van der Waals surface area contributed by atoms with Gasteiger partial charge in [0.15, 0.2) is 0 Å². The van der Waals surface area contributed by atoms with Crippen molar-refractivity contribution in [3.05, 3.63) is 103 Å². The van der Waals surface area contributed by atoms with E-state index in [-0.39, 0.29) is 28.2 Å². The number of carbonyl (C=O) groups is 3. The van der Waals surface area contributed by atoms with Crippen molar-refractivity contribution >= 4 is 17.9 Å². The smallest absolute Gasteiger partial charge is 0.338 e. The summed E-state index contributed by atoms with van der Waals surface area (Å²) in [4.78, 5) is 35.8. The minimum absolute atomic E-state index is 0.0656. The Labute approximate surface area is 214 Å². The normalized spacial score (nSPS) is 10.3. The van der Waals surface area contributed by atoms with Crippen LogP contribution in [-0.4, -0.2) is 17.9 Å². The van der Waals surface area contributed by atoms with E-state index in [4.69, 9.17) is 14.2 Å². The highest BCUT2D eigenvalue weighted by molar-refractivity contribution is 5.91. The van der Waals surface area contributed by atoms with Gasteiger partial charge in [0.05, 0.1) is 0 Å². The van der Waals surface area contributed by atoms with E-state index in [1.807, 2.05) is 0 Å². The van der Waals surface area contributed by atoms with Crippen LogP contribution >= 0.6 is 0 Å². The van der Waals surface area contributed by atoms with Crippen molar-refractivity contribution in [2.75, 3.05) is 0 Å². The fourth-order valence-electron chi connectivity index (χ4n) is 3.08. The van der Waals surface area contributed by atoms with Gasteiger partial charge in [0.1, 0.15) is 23.1 Å². The van der Waals surface area contributed by atoms with E-state index in [1.165, 1.54) is 32.0 Å². The maximum atomic E-state index is 15.2. The summed E-state index contributed by atoms with van der Waals surface area (Å²) in [5.41, 5.74) is 2.33. The Hall–Kier alpha value is -4.78. The number of esters is 3. The van der Waals surface area contributed by atoms with E-state index in [0.29, 0.717) is 28.0 Å². The lowest BCUT2D eigenvalue weighted by Crippen LogP contribution is -2.11. The third-order valence-electron chi connectivity index (χ3n) is 5.07. The molecule has 7 heteroatoms. The minimum Gasteiger partial charge on any atom is -0.423 e. The Balaban J connectivity index is 1.95. The standard InChI is InChI=1S/C30H25FO6/c1-17(2)28(32)35-22-10-7-20(8-11-22)24-13-9-21(15-26(24)31)25-14-12-23(36-29(33)18(3)4)16-27(25)37-30(34)19(5)6/h7-16H,1,3,5H2,2,4,6H3. The molecule has 0 amide bonds. The predicted molar refractivity (Wildman–Crippen MR) is 139 cm³/mol. The van der Waals surface area contributed by atoms with Gasteiger partial charge in [0.2, 0.25) is 0 Å². The molecule has 0 aliphatic carbocycles. The van der Waals surface area contributed by atoms with Gasteiger partial charge in [-0.25, -0.2) is 18.8 Å². The summed E-state index contributed by atoms with van der Waals surface area (Å²) in [6.45, 7) is 15.2. The van der Waals surface area contributed by atoms with Crippen molar-refractivity contribution in [3.63, 3.8) is 0 Å². The maximum Gasteiger partial charge on any atom is 0.338 e. The van der Waals surface area contributed by atoms with Gasteiger partial charge < -0.3 is 14.2 Å². The van der Waals surface area contributed by atoms with Crippen LogP contribution in [0.1, 0.15) is 20.8 Å². The average Bonchev–Trinajstić information content (AvgIpc) is 2.84. The van der Waals surface area contributed by atoms with Crippen LogP contribution in [0.2, 0.25) is 0 Å². The van der Waals surface area contributed by atoms with Crippen molar-refractivity contribution in [1.82, 2.24) is 0 Å². The minimum atomic E-state index is -0.686. The molecule has 0 heterocycles. The molecule has 0 radical (unpaired) electrons. The van der Waals surface area contributed by atoms with Gasteiger partial charge in [0, 0.05) is 33.9 Å². The molecule has 3 aromatic rings. The summed E-state index contributed by atoms with van der Waals surface area (Å²) in [5.74, 6) is -1.90. The van der Waals surface area contributed by atoms with Crippen LogP contribution in [0.5, 0.6) is 17.2 Å². The van der Waals surface area contributed by atoms with Gasteiger partial charge in [-0.05, 0) is 62.2 Å². The quantitative estimate of drug-likeness (QED) is 0.197. The third-order valence-corrected chi connectivity index (χ3v) is 5.07. The highest BCUT2D eigenvalue weighted by Crippen LogP contribution is 2.36. The molecule has 37 heavy (non-hydrogen) atoms. The van der Waals surface area contributed by atoms with Crippen molar-refractivity contribution in [2.24, 2.45) is 0 Å². The van der Waals surface area contributed by atoms with Crippen LogP contribution in [-0.2, 0) is 14.4 Å². The fraction of sp³-hybridized carbons (Fsp3) is 0.100. The van der Waals surface area contributed by atoms with Crippen molar-refractivity contribution < 1.29 is 33.0 Å².